The fourth-order valence-electron chi connectivity index (χ4n) is 3.01. The van der Waals surface area contributed by atoms with Crippen molar-refractivity contribution in [1.82, 2.24) is 0 Å². The van der Waals surface area contributed by atoms with Gasteiger partial charge in [0.15, 0.2) is 0 Å². The average molecular weight is 521 g/mol. The van der Waals surface area contributed by atoms with Crippen molar-refractivity contribution in [3.63, 3.8) is 0 Å². The minimum Gasteiger partial charge on any atom is -0.373 e. The van der Waals surface area contributed by atoms with Gasteiger partial charge in [0.05, 0.1) is 5.54 Å². The number of alkyl halides is 1. The van der Waals surface area contributed by atoms with Crippen molar-refractivity contribution in [3.8, 4) is 0 Å². The lowest BCUT2D eigenvalue weighted by molar-refractivity contribution is 0.0488. The molecule has 0 fully saturated rings. The second-order valence-electron chi connectivity index (χ2n) is 7.47. The molecule has 0 aromatic heterocycles. The van der Waals surface area contributed by atoms with Gasteiger partial charge in [0.2, 0.25) is 0 Å². The summed E-state index contributed by atoms with van der Waals surface area (Å²) in [6.07, 6.45) is 7.63. The number of benzene rings is 1. The first-order valence-corrected chi connectivity index (χ1v) is 14.2. The van der Waals surface area contributed by atoms with Crippen LogP contribution in [0.25, 0.3) is 0 Å². The van der Waals surface area contributed by atoms with Gasteiger partial charge in [-0.2, -0.15) is 0 Å². The summed E-state index contributed by atoms with van der Waals surface area (Å²) in [5.41, 5.74) is 2.79. The molecule has 1 aromatic rings. The molecule has 0 heterocycles. The third-order valence-corrected chi connectivity index (χ3v) is 9.90. The maximum atomic E-state index is 6.47. The van der Waals surface area contributed by atoms with Gasteiger partial charge in [-0.05, 0) is 36.8 Å². The van der Waals surface area contributed by atoms with Crippen molar-refractivity contribution >= 4 is 31.4 Å². The highest BCUT2D eigenvalue weighted by atomic mass is 127. The van der Waals surface area contributed by atoms with Crippen molar-refractivity contribution in [3.05, 3.63) is 35.4 Å². The first-order valence-electron chi connectivity index (χ1n) is 11.2. The number of rotatable bonds is 16. The smallest absolute Gasteiger partial charge is 0.373 e. The molecule has 0 aliphatic heterocycles. The molecule has 3 nitrogen and oxygen atoms in total. The Balaban J connectivity index is 3.07. The zero-order valence-electron chi connectivity index (χ0n) is 18.6. The van der Waals surface area contributed by atoms with E-state index in [0.29, 0.717) is 3.92 Å². The Kier molecular flexibility index (Phi) is 13.9. The van der Waals surface area contributed by atoms with Crippen molar-refractivity contribution in [1.29, 1.82) is 0 Å². The number of hydrogen-bond donors (Lipinski definition) is 0. The van der Waals surface area contributed by atoms with E-state index in [0.717, 1.165) is 64.8 Å². The van der Waals surface area contributed by atoms with Gasteiger partial charge in [0, 0.05) is 23.7 Å². The van der Waals surface area contributed by atoms with Gasteiger partial charge in [0.25, 0.3) is 0 Å². The van der Waals surface area contributed by atoms with E-state index >= 15 is 0 Å². The quantitative estimate of drug-likeness (QED) is 0.0972. The Morgan fingerprint density at radius 1 is 0.750 bits per heavy atom. The summed E-state index contributed by atoms with van der Waals surface area (Å²) in [7, 11) is -2.81. The Morgan fingerprint density at radius 3 is 1.50 bits per heavy atom. The molecular weight excluding hydrogens is 479 g/mol. The van der Waals surface area contributed by atoms with Crippen LogP contribution in [0.15, 0.2) is 24.3 Å². The molecule has 162 valence electrons. The highest BCUT2D eigenvalue weighted by molar-refractivity contribution is 14.1. The van der Waals surface area contributed by atoms with Crippen LogP contribution in [0, 0.1) is 0 Å². The molecule has 0 bridgehead atoms. The number of halogens is 1. The second-order valence-corrected chi connectivity index (χ2v) is 11.9. The van der Waals surface area contributed by atoms with Crippen LogP contribution in [-0.2, 0) is 13.3 Å². The van der Waals surface area contributed by atoms with Gasteiger partial charge in [-0.15, -0.1) is 0 Å². The lowest BCUT2D eigenvalue weighted by Gasteiger charge is -2.35. The number of hydrogen-bond acceptors (Lipinski definition) is 3. The monoisotopic (exact) mass is 520 g/mol. The third kappa shape index (κ3) is 8.42. The predicted molar refractivity (Wildman–Crippen MR) is 130 cm³/mol. The lowest BCUT2D eigenvalue weighted by atomic mass is 10.1. The van der Waals surface area contributed by atoms with Gasteiger partial charge < -0.3 is 13.3 Å². The molecule has 2 atom stereocenters. The Labute approximate surface area is 188 Å². The van der Waals surface area contributed by atoms with Crippen LogP contribution in [0.1, 0.15) is 100 Å². The lowest BCUT2D eigenvalue weighted by Crippen LogP contribution is -2.51. The van der Waals surface area contributed by atoms with Crippen LogP contribution < -0.4 is 0 Å². The van der Waals surface area contributed by atoms with Gasteiger partial charge in [-0.1, -0.05) is 101 Å². The highest BCUT2D eigenvalue weighted by Gasteiger charge is 2.48. The predicted octanol–water partition coefficient (Wildman–Crippen LogP) is 7.60. The molecule has 0 radical (unpaired) electrons. The molecule has 0 aliphatic rings. The first-order chi connectivity index (χ1) is 13.5. The van der Waals surface area contributed by atoms with Crippen molar-refractivity contribution in [2.24, 2.45) is 0 Å². The van der Waals surface area contributed by atoms with Gasteiger partial charge in [-0.3, -0.25) is 0 Å². The van der Waals surface area contributed by atoms with Crippen molar-refractivity contribution in [2.45, 2.75) is 89.0 Å². The maximum absolute atomic E-state index is 6.47. The molecule has 0 aliphatic carbocycles. The molecule has 0 N–H and O–H groups in total. The summed E-state index contributed by atoms with van der Waals surface area (Å²) < 4.78 is 20.0. The van der Waals surface area contributed by atoms with Gasteiger partial charge in [0.1, 0.15) is 0 Å². The van der Waals surface area contributed by atoms with E-state index in [9.17, 15) is 0 Å². The third-order valence-electron chi connectivity index (χ3n) is 5.09. The fraction of sp³-hybridized carbons (Fsp3) is 0.739. The Hall–Kier alpha value is 0.0469. The van der Waals surface area contributed by atoms with E-state index < -0.39 is 8.80 Å². The topological polar surface area (TPSA) is 27.7 Å². The van der Waals surface area contributed by atoms with Crippen molar-refractivity contribution in [2.75, 3.05) is 19.8 Å². The maximum Gasteiger partial charge on any atom is 0.508 e. The normalized spacial score (nSPS) is 14.2. The van der Waals surface area contributed by atoms with E-state index in [1.165, 1.54) is 11.1 Å². The van der Waals surface area contributed by atoms with E-state index in [1.54, 1.807) is 0 Å². The van der Waals surface area contributed by atoms with Crippen LogP contribution in [0.4, 0.5) is 0 Å². The van der Waals surface area contributed by atoms with Crippen LogP contribution in [0.3, 0.4) is 0 Å². The molecule has 0 saturated heterocycles. The second kappa shape index (κ2) is 14.9. The van der Waals surface area contributed by atoms with Crippen LogP contribution in [0.2, 0.25) is 0 Å². The van der Waals surface area contributed by atoms with Crippen molar-refractivity contribution < 1.29 is 13.3 Å². The molecule has 28 heavy (non-hydrogen) atoms. The fourth-order valence-corrected chi connectivity index (χ4v) is 6.31. The highest BCUT2D eigenvalue weighted by Crippen LogP contribution is 2.33. The summed E-state index contributed by atoms with van der Waals surface area (Å²) in [6, 6.07) is 9.02. The van der Waals surface area contributed by atoms with Gasteiger partial charge >= 0.3 is 8.80 Å². The first kappa shape index (κ1) is 26.1. The molecule has 0 saturated carbocycles. The molecular formula is C23H41IO3Si. The van der Waals surface area contributed by atoms with Crippen LogP contribution >= 0.6 is 22.6 Å². The molecule has 5 heteroatoms. The van der Waals surface area contributed by atoms with Gasteiger partial charge in [-0.25, -0.2) is 0 Å². The SMILES string of the molecule is CCCCO[Si](OCCCC)(OCCCC)C(C)c1ccc(C(I)CC)cc1. The standard InChI is InChI=1S/C23H41IO3Si/c1-6-10-17-25-28(26-18-11-7-2,27-19-12-8-3)20(5)21-13-15-22(16-14-21)23(24)9-4/h13-16,20,23H,6-12,17-19H2,1-5H3. The molecule has 1 rings (SSSR count). The molecule has 0 spiro atoms. The molecule has 1 aromatic carbocycles. The minimum atomic E-state index is -2.81. The summed E-state index contributed by atoms with van der Waals surface area (Å²) >= 11 is 2.52. The van der Waals surface area contributed by atoms with Crippen LogP contribution in [-0.4, -0.2) is 28.6 Å². The van der Waals surface area contributed by atoms with E-state index in [1.807, 2.05) is 0 Å². The largest absolute Gasteiger partial charge is 0.508 e. The molecule has 2 unspecified atom stereocenters. The van der Waals surface area contributed by atoms with E-state index in [4.69, 9.17) is 13.3 Å². The zero-order chi connectivity index (χ0) is 20.8. The van der Waals surface area contributed by atoms with E-state index in [2.05, 4.69) is 81.5 Å². The Morgan fingerprint density at radius 2 is 1.14 bits per heavy atom. The summed E-state index contributed by atoms with van der Waals surface area (Å²) in [5, 5.41) is 0. The summed E-state index contributed by atoms with van der Waals surface area (Å²) in [6.45, 7) is 13.2. The molecule has 0 amide bonds. The van der Waals surface area contributed by atoms with Crippen LogP contribution in [0.5, 0.6) is 0 Å². The average Bonchev–Trinajstić information content (AvgIpc) is 2.73. The summed E-state index contributed by atoms with van der Waals surface area (Å²) in [4.78, 5) is 0. The zero-order valence-corrected chi connectivity index (χ0v) is 21.8. The number of unbranched alkanes of at least 4 members (excludes halogenated alkanes) is 3. The Bertz CT molecular complexity index is 483. The summed E-state index contributed by atoms with van der Waals surface area (Å²) in [5.74, 6) is 0. The minimum absolute atomic E-state index is 0.140. The van der Waals surface area contributed by atoms with E-state index in [-0.39, 0.29) is 5.54 Å².